The molecule has 0 fully saturated rings. The van der Waals surface area contributed by atoms with Crippen LogP contribution in [0, 0.1) is 0 Å². The minimum absolute atomic E-state index is 0.177. The standard InChI is InChI=1S/C11H14O3/c1-14-8-10-4-2-3-9(7-10)5-6-11(12)13/h2-4,7H,5-6,8H2,1H3,(H,12,13). The lowest BCUT2D eigenvalue weighted by molar-refractivity contribution is -0.136. The van der Waals surface area contributed by atoms with Gasteiger partial charge in [-0.3, -0.25) is 4.79 Å². The Balaban J connectivity index is 2.58. The van der Waals surface area contributed by atoms with Crippen molar-refractivity contribution in [1.29, 1.82) is 0 Å². The van der Waals surface area contributed by atoms with E-state index in [1.165, 1.54) is 0 Å². The molecule has 3 nitrogen and oxygen atoms in total. The van der Waals surface area contributed by atoms with E-state index in [0.717, 1.165) is 11.1 Å². The highest BCUT2D eigenvalue weighted by Gasteiger charge is 1.99. The van der Waals surface area contributed by atoms with Crippen LogP contribution in [0.5, 0.6) is 0 Å². The lowest BCUT2D eigenvalue weighted by Gasteiger charge is -2.02. The number of carboxylic acids is 1. The molecule has 0 bridgehead atoms. The molecule has 0 aromatic heterocycles. The van der Waals surface area contributed by atoms with E-state index in [0.29, 0.717) is 13.0 Å². The van der Waals surface area contributed by atoms with Crippen molar-refractivity contribution in [2.45, 2.75) is 19.4 Å². The molecule has 3 heteroatoms. The predicted octanol–water partition coefficient (Wildman–Crippen LogP) is 1.85. The van der Waals surface area contributed by atoms with Gasteiger partial charge in [-0.2, -0.15) is 0 Å². The highest BCUT2D eigenvalue weighted by molar-refractivity contribution is 5.67. The van der Waals surface area contributed by atoms with Gasteiger partial charge in [-0.1, -0.05) is 24.3 Å². The summed E-state index contributed by atoms with van der Waals surface area (Å²) >= 11 is 0. The Kier molecular flexibility index (Phi) is 4.13. The van der Waals surface area contributed by atoms with E-state index in [-0.39, 0.29) is 6.42 Å². The third kappa shape index (κ3) is 3.58. The summed E-state index contributed by atoms with van der Waals surface area (Å²) in [6, 6.07) is 7.80. The number of hydrogen-bond donors (Lipinski definition) is 1. The maximum Gasteiger partial charge on any atom is 0.303 e. The zero-order valence-corrected chi connectivity index (χ0v) is 8.19. The number of aliphatic carboxylic acids is 1. The molecule has 1 N–H and O–H groups in total. The molecule has 0 aliphatic carbocycles. The summed E-state index contributed by atoms with van der Waals surface area (Å²) in [7, 11) is 1.64. The second-order valence-corrected chi connectivity index (χ2v) is 3.15. The van der Waals surface area contributed by atoms with Crippen LogP contribution in [0.2, 0.25) is 0 Å². The van der Waals surface area contributed by atoms with E-state index < -0.39 is 5.97 Å². The Bertz CT molecular complexity index is 307. The van der Waals surface area contributed by atoms with E-state index in [9.17, 15) is 4.79 Å². The molecule has 0 heterocycles. The van der Waals surface area contributed by atoms with Crippen LogP contribution in [-0.4, -0.2) is 18.2 Å². The molecule has 1 rings (SSSR count). The number of methoxy groups -OCH3 is 1. The summed E-state index contributed by atoms with van der Waals surface area (Å²) in [5, 5.41) is 8.52. The molecule has 0 aliphatic heterocycles. The fourth-order valence-electron chi connectivity index (χ4n) is 1.29. The van der Waals surface area contributed by atoms with E-state index >= 15 is 0 Å². The van der Waals surface area contributed by atoms with Gasteiger partial charge in [0.05, 0.1) is 6.61 Å². The Morgan fingerprint density at radius 1 is 1.43 bits per heavy atom. The SMILES string of the molecule is COCc1cccc(CCC(=O)O)c1. The van der Waals surface area contributed by atoms with Gasteiger partial charge in [-0.15, -0.1) is 0 Å². The summed E-state index contributed by atoms with van der Waals surface area (Å²) in [6.07, 6.45) is 0.753. The van der Waals surface area contributed by atoms with E-state index in [1.807, 2.05) is 24.3 Å². The van der Waals surface area contributed by atoms with Gasteiger partial charge in [-0.25, -0.2) is 0 Å². The molecule has 0 amide bonds. The number of carboxylic acid groups (broad SMARTS) is 1. The molecule has 0 saturated heterocycles. The van der Waals surface area contributed by atoms with Gasteiger partial charge in [0.25, 0.3) is 0 Å². The molecule has 0 aliphatic rings. The molecule has 14 heavy (non-hydrogen) atoms. The summed E-state index contributed by atoms with van der Waals surface area (Å²) < 4.78 is 4.99. The molecular weight excluding hydrogens is 180 g/mol. The molecular formula is C11H14O3. The number of hydrogen-bond acceptors (Lipinski definition) is 2. The van der Waals surface area contributed by atoms with Crippen LogP contribution in [0.4, 0.5) is 0 Å². The number of carbonyl (C=O) groups is 1. The van der Waals surface area contributed by atoms with Gasteiger partial charge < -0.3 is 9.84 Å². The number of rotatable bonds is 5. The Morgan fingerprint density at radius 3 is 2.79 bits per heavy atom. The molecule has 76 valence electrons. The van der Waals surface area contributed by atoms with Crippen LogP contribution in [-0.2, 0) is 22.6 Å². The first-order valence-electron chi connectivity index (χ1n) is 4.51. The second kappa shape index (κ2) is 5.40. The molecule has 0 radical (unpaired) electrons. The Morgan fingerprint density at radius 2 is 2.14 bits per heavy atom. The minimum Gasteiger partial charge on any atom is -0.481 e. The number of aryl methyl sites for hydroxylation is 1. The normalized spacial score (nSPS) is 10.1. The first-order valence-corrected chi connectivity index (χ1v) is 4.51. The molecule has 0 saturated carbocycles. The zero-order valence-electron chi connectivity index (χ0n) is 8.19. The summed E-state index contributed by atoms with van der Waals surface area (Å²) in [5.41, 5.74) is 2.12. The topological polar surface area (TPSA) is 46.5 Å². The quantitative estimate of drug-likeness (QED) is 0.778. The van der Waals surface area contributed by atoms with Crippen LogP contribution >= 0.6 is 0 Å². The van der Waals surface area contributed by atoms with Crippen molar-refractivity contribution in [2.24, 2.45) is 0 Å². The summed E-state index contributed by atoms with van der Waals surface area (Å²) in [4.78, 5) is 10.4. The lowest BCUT2D eigenvalue weighted by Crippen LogP contribution is -1.98. The Labute approximate surface area is 83.3 Å². The van der Waals surface area contributed by atoms with Gasteiger partial charge in [0, 0.05) is 13.5 Å². The van der Waals surface area contributed by atoms with Crippen molar-refractivity contribution in [2.75, 3.05) is 7.11 Å². The van der Waals surface area contributed by atoms with Gasteiger partial charge in [-0.05, 0) is 17.5 Å². The largest absolute Gasteiger partial charge is 0.481 e. The molecule has 1 aromatic carbocycles. The van der Waals surface area contributed by atoms with Crippen LogP contribution in [0.25, 0.3) is 0 Å². The maximum atomic E-state index is 10.4. The van der Waals surface area contributed by atoms with E-state index in [1.54, 1.807) is 7.11 Å². The third-order valence-corrected chi connectivity index (χ3v) is 1.93. The zero-order chi connectivity index (χ0) is 10.4. The van der Waals surface area contributed by atoms with Gasteiger partial charge in [0.2, 0.25) is 0 Å². The van der Waals surface area contributed by atoms with Gasteiger partial charge in [0.1, 0.15) is 0 Å². The van der Waals surface area contributed by atoms with Crippen LogP contribution in [0.1, 0.15) is 17.5 Å². The van der Waals surface area contributed by atoms with Crippen LogP contribution in [0.15, 0.2) is 24.3 Å². The fourth-order valence-corrected chi connectivity index (χ4v) is 1.29. The third-order valence-electron chi connectivity index (χ3n) is 1.93. The molecule has 0 spiro atoms. The Hall–Kier alpha value is -1.35. The number of benzene rings is 1. The number of ether oxygens (including phenoxy) is 1. The molecule has 1 aromatic rings. The van der Waals surface area contributed by atoms with Crippen LogP contribution in [0.3, 0.4) is 0 Å². The second-order valence-electron chi connectivity index (χ2n) is 3.15. The van der Waals surface area contributed by atoms with Crippen molar-refractivity contribution < 1.29 is 14.6 Å². The highest BCUT2D eigenvalue weighted by Crippen LogP contribution is 2.08. The predicted molar refractivity (Wildman–Crippen MR) is 53.1 cm³/mol. The first-order chi connectivity index (χ1) is 6.72. The smallest absolute Gasteiger partial charge is 0.303 e. The summed E-state index contributed by atoms with van der Waals surface area (Å²) in [6.45, 7) is 0.570. The van der Waals surface area contributed by atoms with Crippen molar-refractivity contribution in [3.8, 4) is 0 Å². The van der Waals surface area contributed by atoms with Crippen molar-refractivity contribution in [3.05, 3.63) is 35.4 Å². The van der Waals surface area contributed by atoms with Gasteiger partial charge >= 0.3 is 5.97 Å². The average Bonchev–Trinajstić information content (AvgIpc) is 2.16. The molecule has 0 atom stereocenters. The minimum atomic E-state index is -0.762. The summed E-state index contributed by atoms with van der Waals surface area (Å²) in [5.74, 6) is -0.762. The van der Waals surface area contributed by atoms with E-state index in [2.05, 4.69) is 0 Å². The monoisotopic (exact) mass is 194 g/mol. The first kappa shape index (κ1) is 10.7. The molecule has 0 unspecified atom stereocenters. The lowest BCUT2D eigenvalue weighted by atomic mass is 10.1. The van der Waals surface area contributed by atoms with Crippen LogP contribution < -0.4 is 0 Å². The van der Waals surface area contributed by atoms with Crippen molar-refractivity contribution in [3.63, 3.8) is 0 Å². The highest BCUT2D eigenvalue weighted by atomic mass is 16.5. The maximum absolute atomic E-state index is 10.4. The van der Waals surface area contributed by atoms with Crippen molar-refractivity contribution >= 4 is 5.97 Å². The van der Waals surface area contributed by atoms with Crippen molar-refractivity contribution in [1.82, 2.24) is 0 Å². The fraction of sp³-hybridized carbons (Fsp3) is 0.364. The van der Waals surface area contributed by atoms with E-state index in [4.69, 9.17) is 9.84 Å². The average molecular weight is 194 g/mol. The van der Waals surface area contributed by atoms with Gasteiger partial charge in [0.15, 0.2) is 0 Å².